The Labute approximate surface area is 132 Å². The summed E-state index contributed by atoms with van der Waals surface area (Å²) >= 11 is 18.4. The molecule has 0 fully saturated rings. The third kappa shape index (κ3) is 3.44. The molecule has 0 saturated heterocycles. The highest BCUT2D eigenvalue weighted by Crippen LogP contribution is 2.34. The molecule has 0 radical (unpaired) electrons. The van der Waals surface area contributed by atoms with Crippen molar-refractivity contribution in [3.63, 3.8) is 0 Å². The summed E-state index contributed by atoms with van der Waals surface area (Å²) in [6.45, 7) is 2.68. The Bertz CT molecular complexity index is 616. The van der Waals surface area contributed by atoms with Crippen molar-refractivity contribution in [3.8, 4) is 0 Å². The van der Waals surface area contributed by atoms with E-state index in [0.717, 1.165) is 11.1 Å². The predicted octanol–water partition coefficient (Wildman–Crippen LogP) is 5.48. The quantitative estimate of drug-likeness (QED) is 0.781. The Balaban J connectivity index is 2.53. The zero-order chi connectivity index (χ0) is 14.7. The van der Waals surface area contributed by atoms with E-state index in [9.17, 15) is 4.39 Å². The fraction of sp³-hybridized carbons (Fsp3) is 0.200. The van der Waals surface area contributed by atoms with Crippen molar-refractivity contribution in [1.82, 2.24) is 5.32 Å². The van der Waals surface area contributed by atoms with Crippen molar-refractivity contribution >= 4 is 34.8 Å². The first-order chi connectivity index (χ1) is 9.52. The van der Waals surface area contributed by atoms with Gasteiger partial charge in [-0.2, -0.15) is 0 Å². The molecular formula is C15H13Cl3FN. The van der Waals surface area contributed by atoms with Gasteiger partial charge in [0.15, 0.2) is 0 Å². The first kappa shape index (κ1) is 15.6. The van der Waals surface area contributed by atoms with Crippen LogP contribution in [0.1, 0.15) is 24.1 Å². The summed E-state index contributed by atoms with van der Waals surface area (Å²) in [5.74, 6) is -0.369. The summed E-state index contributed by atoms with van der Waals surface area (Å²) < 4.78 is 13.2. The van der Waals surface area contributed by atoms with Crippen LogP contribution in [-0.2, 0) is 0 Å². The highest BCUT2D eigenvalue weighted by atomic mass is 35.5. The first-order valence-electron chi connectivity index (χ1n) is 6.16. The molecule has 20 heavy (non-hydrogen) atoms. The molecule has 1 nitrogen and oxygen atoms in total. The maximum absolute atomic E-state index is 13.2. The Kier molecular flexibility index (Phi) is 5.28. The lowest BCUT2D eigenvalue weighted by Crippen LogP contribution is -2.22. The van der Waals surface area contributed by atoms with Crippen molar-refractivity contribution < 1.29 is 4.39 Å². The monoisotopic (exact) mass is 331 g/mol. The molecule has 0 aliphatic rings. The van der Waals surface area contributed by atoms with Gasteiger partial charge in [-0.25, -0.2) is 4.39 Å². The largest absolute Gasteiger partial charge is 0.306 e. The normalized spacial score (nSPS) is 12.4. The molecule has 1 atom stereocenters. The minimum atomic E-state index is -0.369. The van der Waals surface area contributed by atoms with Gasteiger partial charge >= 0.3 is 0 Å². The molecule has 0 aliphatic heterocycles. The van der Waals surface area contributed by atoms with Gasteiger partial charge in [0.25, 0.3) is 0 Å². The fourth-order valence-corrected chi connectivity index (χ4v) is 2.75. The maximum atomic E-state index is 13.2. The van der Waals surface area contributed by atoms with Gasteiger partial charge in [0.05, 0.1) is 6.04 Å². The van der Waals surface area contributed by atoms with Crippen LogP contribution in [-0.4, -0.2) is 6.54 Å². The second-order valence-electron chi connectivity index (χ2n) is 4.32. The van der Waals surface area contributed by atoms with Crippen LogP contribution in [0.4, 0.5) is 4.39 Å². The molecule has 0 spiro atoms. The van der Waals surface area contributed by atoms with Gasteiger partial charge in [0.1, 0.15) is 5.82 Å². The lowest BCUT2D eigenvalue weighted by atomic mass is 9.98. The van der Waals surface area contributed by atoms with Crippen LogP contribution in [0.2, 0.25) is 15.1 Å². The van der Waals surface area contributed by atoms with E-state index in [1.807, 2.05) is 6.92 Å². The molecule has 106 valence electrons. The third-order valence-corrected chi connectivity index (χ3v) is 3.86. The van der Waals surface area contributed by atoms with Gasteiger partial charge in [-0.3, -0.25) is 0 Å². The molecule has 0 bridgehead atoms. The smallest absolute Gasteiger partial charge is 0.124 e. The van der Waals surface area contributed by atoms with Crippen molar-refractivity contribution in [2.75, 3.05) is 6.54 Å². The van der Waals surface area contributed by atoms with Crippen molar-refractivity contribution in [3.05, 3.63) is 68.4 Å². The minimum absolute atomic E-state index is 0.237. The van der Waals surface area contributed by atoms with Gasteiger partial charge < -0.3 is 5.32 Å². The predicted molar refractivity (Wildman–Crippen MR) is 83.4 cm³/mol. The number of halogens is 4. The molecule has 2 aromatic carbocycles. The molecule has 5 heteroatoms. The average Bonchev–Trinajstić information content (AvgIpc) is 2.40. The van der Waals surface area contributed by atoms with Crippen LogP contribution in [0, 0.1) is 5.82 Å². The molecule has 0 heterocycles. The zero-order valence-electron chi connectivity index (χ0n) is 10.8. The van der Waals surface area contributed by atoms with Gasteiger partial charge in [0, 0.05) is 15.1 Å². The van der Waals surface area contributed by atoms with E-state index >= 15 is 0 Å². The zero-order valence-corrected chi connectivity index (χ0v) is 13.0. The lowest BCUT2D eigenvalue weighted by molar-refractivity contribution is 0.614. The fourth-order valence-electron chi connectivity index (χ4n) is 2.06. The van der Waals surface area contributed by atoms with E-state index in [2.05, 4.69) is 5.32 Å². The second-order valence-corrected chi connectivity index (χ2v) is 5.57. The van der Waals surface area contributed by atoms with E-state index in [1.165, 1.54) is 12.1 Å². The third-order valence-electron chi connectivity index (χ3n) is 2.95. The van der Waals surface area contributed by atoms with Crippen LogP contribution in [0.25, 0.3) is 0 Å². The summed E-state index contributed by atoms with van der Waals surface area (Å²) in [7, 11) is 0. The number of benzene rings is 2. The molecule has 0 saturated carbocycles. The highest BCUT2D eigenvalue weighted by Gasteiger charge is 2.19. The molecule has 0 aromatic heterocycles. The standard InChI is InChI=1S/C15H13Cl3FN/c1-2-20-15(11-5-4-10(19)8-14(11)18)12-7-9(16)3-6-13(12)17/h3-8,15,20H,2H2,1H3. The summed E-state index contributed by atoms with van der Waals surface area (Å²) in [5.41, 5.74) is 1.58. The summed E-state index contributed by atoms with van der Waals surface area (Å²) in [6.07, 6.45) is 0. The number of hydrogen-bond donors (Lipinski definition) is 1. The molecule has 2 aromatic rings. The highest BCUT2D eigenvalue weighted by molar-refractivity contribution is 6.34. The van der Waals surface area contributed by atoms with Gasteiger partial charge in [0.2, 0.25) is 0 Å². The minimum Gasteiger partial charge on any atom is -0.306 e. The van der Waals surface area contributed by atoms with E-state index in [1.54, 1.807) is 24.3 Å². The number of nitrogens with one attached hydrogen (secondary N) is 1. The van der Waals surface area contributed by atoms with Gasteiger partial charge in [-0.05, 0) is 48.0 Å². The average molecular weight is 333 g/mol. The summed E-state index contributed by atoms with van der Waals surface area (Å²) in [4.78, 5) is 0. The lowest BCUT2D eigenvalue weighted by Gasteiger charge is -2.21. The van der Waals surface area contributed by atoms with Crippen molar-refractivity contribution in [1.29, 1.82) is 0 Å². The Morgan fingerprint density at radius 1 is 1.00 bits per heavy atom. The van der Waals surface area contributed by atoms with Crippen LogP contribution in [0.15, 0.2) is 36.4 Å². The van der Waals surface area contributed by atoms with Crippen molar-refractivity contribution in [2.24, 2.45) is 0 Å². The first-order valence-corrected chi connectivity index (χ1v) is 7.29. The number of rotatable bonds is 4. The summed E-state index contributed by atoms with van der Waals surface area (Å²) in [6, 6.07) is 9.34. The second kappa shape index (κ2) is 6.77. The van der Waals surface area contributed by atoms with E-state index < -0.39 is 0 Å². The SMILES string of the molecule is CCNC(c1ccc(F)cc1Cl)c1cc(Cl)ccc1Cl. The Hall–Kier alpha value is -0.800. The van der Waals surface area contributed by atoms with Crippen molar-refractivity contribution in [2.45, 2.75) is 13.0 Å². The Morgan fingerprint density at radius 2 is 1.75 bits per heavy atom. The van der Waals surface area contributed by atoms with Crippen LogP contribution >= 0.6 is 34.8 Å². The van der Waals surface area contributed by atoms with E-state index in [4.69, 9.17) is 34.8 Å². The topological polar surface area (TPSA) is 12.0 Å². The molecule has 1 N–H and O–H groups in total. The molecular weight excluding hydrogens is 320 g/mol. The number of hydrogen-bond acceptors (Lipinski definition) is 1. The molecule has 1 unspecified atom stereocenters. The Morgan fingerprint density at radius 3 is 2.40 bits per heavy atom. The van der Waals surface area contributed by atoms with Gasteiger partial charge in [-0.1, -0.05) is 47.8 Å². The van der Waals surface area contributed by atoms with Crippen LogP contribution in [0.3, 0.4) is 0 Å². The van der Waals surface area contributed by atoms with Gasteiger partial charge in [-0.15, -0.1) is 0 Å². The summed E-state index contributed by atoms with van der Waals surface area (Å²) in [5, 5.41) is 4.82. The maximum Gasteiger partial charge on any atom is 0.124 e. The molecule has 0 amide bonds. The van der Waals surface area contributed by atoms with E-state index in [0.29, 0.717) is 21.6 Å². The van der Waals surface area contributed by atoms with E-state index in [-0.39, 0.29) is 11.9 Å². The molecule has 0 aliphatic carbocycles. The molecule has 2 rings (SSSR count). The van der Waals surface area contributed by atoms with Crippen LogP contribution in [0.5, 0.6) is 0 Å². The van der Waals surface area contributed by atoms with Crippen LogP contribution < -0.4 is 5.32 Å².